The van der Waals surface area contributed by atoms with Crippen molar-refractivity contribution in [3.8, 4) is 5.75 Å². The van der Waals surface area contributed by atoms with Crippen LogP contribution in [0.25, 0.3) is 0 Å². The van der Waals surface area contributed by atoms with Gasteiger partial charge in [-0.3, -0.25) is 9.59 Å². The molecule has 0 aliphatic carbocycles. The van der Waals surface area contributed by atoms with Gasteiger partial charge in [-0.05, 0) is 47.9 Å². The van der Waals surface area contributed by atoms with Crippen molar-refractivity contribution in [1.82, 2.24) is 5.43 Å². The first-order valence-electron chi connectivity index (χ1n) is 8.44. The van der Waals surface area contributed by atoms with E-state index >= 15 is 0 Å². The van der Waals surface area contributed by atoms with Crippen LogP contribution in [0, 0.1) is 11.8 Å². The fourth-order valence-corrected chi connectivity index (χ4v) is 2.86. The Bertz CT molecular complexity index is 819. The predicted molar refractivity (Wildman–Crippen MR) is 110 cm³/mol. The summed E-state index contributed by atoms with van der Waals surface area (Å²) in [4.78, 5) is 25.0. The number of hydrogen-bond acceptors (Lipinski definition) is 4. The number of anilines is 1. The van der Waals surface area contributed by atoms with Gasteiger partial charge in [0.2, 0.25) is 5.91 Å². The van der Waals surface area contributed by atoms with Gasteiger partial charge in [0.15, 0.2) is 0 Å². The van der Waals surface area contributed by atoms with Gasteiger partial charge in [0.25, 0.3) is 5.91 Å². The number of nitrogens with zero attached hydrogens (tertiary/aromatic N) is 1. The predicted octanol–water partition coefficient (Wildman–Crippen LogP) is 3.82. The van der Waals surface area contributed by atoms with Crippen molar-refractivity contribution in [2.75, 3.05) is 12.4 Å². The van der Waals surface area contributed by atoms with E-state index in [1.54, 1.807) is 31.4 Å². The summed E-state index contributed by atoms with van der Waals surface area (Å²) in [7, 11) is 1.57. The van der Waals surface area contributed by atoms with E-state index in [1.807, 2.05) is 38.1 Å². The molecule has 1 unspecified atom stereocenters. The zero-order valence-corrected chi connectivity index (χ0v) is 17.0. The molecule has 2 amide bonds. The Labute approximate surface area is 167 Å². The van der Waals surface area contributed by atoms with Crippen LogP contribution in [0.5, 0.6) is 5.75 Å². The summed E-state index contributed by atoms with van der Waals surface area (Å²) in [5.41, 5.74) is 3.87. The Morgan fingerprint density at radius 2 is 1.81 bits per heavy atom. The second-order valence-electron chi connectivity index (χ2n) is 6.23. The molecule has 0 fully saturated rings. The van der Waals surface area contributed by atoms with Crippen LogP contribution < -0.4 is 15.5 Å². The summed E-state index contributed by atoms with van der Waals surface area (Å²) in [5, 5.41) is 6.71. The molecule has 1 atom stereocenters. The van der Waals surface area contributed by atoms with Gasteiger partial charge in [-0.15, -0.1) is 0 Å². The first kappa shape index (κ1) is 20.6. The number of carbonyl (C=O) groups excluding carboxylic acids is 2. The molecule has 0 aromatic heterocycles. The largest absolute Gasteiger partial charge is 0.497 e. The number of hydrogen-bond donors (Lipinski definition) is 2. The highest BCUT2D eigenvalue weighted by Crippen LogP contribution is 2.18. The van der Waals surface area contributed by atoms with Crippen LogP contribution >= 0.6 is 15.9 Å². The van der Waals surface area contributed by atoms with Crippen LogP contribution in [0.3, 0.4) is 0 Å². The van der Waals surface area contributed by atoms with Crippen molar-refractivity contribution in [2.45, 2.75) is 13.8 Å². The maximum Gasteiger partial charge on any atom is 0.252 e. The molecule has 2 rings (SSSR count). The standard InChI is InChI=1S/C20H22BrN3O3/c1-13(2)18(19(25)23-16-7-9-17(27-3)10-8-16)20(26)24-22-12-14-5-4-6-15(21)11-14/h4-13,18H,1-3H3,(H,23,25)(H,24,26). The van der Waals surface area contributed by atoms with Gasteiger partial charge >= 0.3 is 0 Å². The number of hydrazone groups is 1. The highest BCUT2D eigenvalue weighted by molar-refractivity contribution is 9.10. The van der Waals surface area contributed by atoms with E-state index in [-0.39, 0.29) is 11.8 Å². The topological polar surface area (TPSA) is 79.8 Å². The number of benzene rings is 2. The van der Waals surface area contributed by atoms with E-state index in [4.69, 9.17) is 4.74 Å². The van der Waals surface area contributed by atoms with E-state index in [0.717, 1.165) is 10.0 Å². The minimum atomic E-state index is -0.869. The third kappa shape index (κ3) is 6.21. The fourth-order valence-electron chi connectivity index (χ4n) is 2.45. The Hall–Kier alpha value is -2.67. The number of amides is 2. The molecule has 0 heterocycles. The third-order valence-corrected chi connectivity index (χ3v) is 4.32. The highest BCUT2D eigenvalue weighted by atomic mass is 79.9. The number of methoxy groups -OCH3 is 1. The molecule has 0 saturated heterocycles. The second kappa shape index (κ2) is 9.87. The molecular weight excluding hydrogens is 410 g/mol. The van der Waals surface area contributed by atoms with Crippen molar-refractivity contribution in [3.05, 3.63) is 58.6 Å². The second-order valence-corrected chi connectivity index (χ2v) is 7.14. The van der Waals surface area contributed by atoms with E-state index in [2.05, 4.69) is 31.8 Å². The van der Waals surface area contributed by atoms with E-state index in [9.17, 15) is 9.59 Å². The highest BCUT2D eigenvalue weighted by Gasteiger charge is 2.29. The lowest BCUT2D eigenvalue weighted by Gasteiger charge is -2.18. The van der Waals surface area contributed by atoms with Crippen molar-refractivity contribution < 1.29 is 14.3 Å². The molecule has 6 nitrogen and oxygen atoms in total. The van der Waals surface area contributed by atoms with E-state index in [1.165, 1.54) is 6.21 Å². The molecule has 2 aromatic carbocycles. The molecule has 0 bridgehead atoms. The summed E-state index contributed by atoms with van der Waals surface area (Å²) < 4.78 is 6.00. The normalized spacial score (nSPS) is 12.0. The molecule has 142 valence electrons. The van der Waals surface area contributed by atoms with Gasteiger partial charge in [0, 0.05) is 10.2 Å². The van der Waals surface area contributed by atoms with Gasteiger partial charge in [-0.2, -0.15) is 5.10 Å². The number of halogens is 1. The van der Waals surface area contributed by atoms with E-state index in [0.29, 0.717) is 11.4 Å². The minimum absolute atomic E-state index is 0.190. The van der Waals surface area contributed by atoms with Gasteiger partial charge in [-0.25, -0.2) is 5.43 Å². The maximum atomic E-state index is 12.6. The Morgan fingerprint density at radius 3 is 2.41 bits per heavy atom. The first-order chi connectivity index (χ1) is 12.9. The number of ether oxygens (including phenoxy) is 1. The number of rotatable bonds is 7. The van der Waals surface area contributed by atoms with Gasteiger partial charge in [-0.1, -0.05) is 41.9 Å². The summed E-state index contributed by atoms with van der Waals surface area (Å²) in [6.45, 7) is 3.63. The lowest BCUT2D eigenvalue weighted by molar-refractivity contribution is -0.134. The molecular formula is C20H22BrN3O3. The van der Waals surface area contributed by atoms with Crippen molar-refractivity contribution in [3.63, 3.8) is 0 Å². The summed E-state index contributed by atoms with van der Waals surface area (Å²) in [5.74, 6) is -1.21. The molecule has 0 aliphatic heterocycles. The smallest absolute Gasteiger partial charge is 0.252 e. The van der Waals surface area contributed by atoms with E-state index < -0.39 is 11.8 Å². The van der Waals surface area contributed by atoms with Crippen molar-refractivity contribution in [2.24, 2.45) is 16.9 Å². The zero-order chi connectivity index (χ0) is 19.8. The molecule has 2 aromatic rings. The van der Waals surface area contributed by atoms with Crippen LogP contribution in [0.1, 0.15) is 19.4 Å². The number of carbonyl (C=O) groups is 2. The summed E-state index contributed by atoms with van der Waals surface area (Å²) in [6, 6.07) is 14.4. The minimum Gasteiger partial charge on any atom is -0.497 e. The van der Waals surface area contributed by atoms with Gasteiger partial charge in [0.1, 0.15) is 11.7 Å². The fraction of sp³-hybridized carbons (Fsp3) is 0.250. The Kier molecular flexibility index (Phi) is 7.55. The molecule has 7 heteroatoms. The quantitative estimate of drug-likeness (QED) is 0.397. The Balaban J connectivity index is 2.01. The number of nitrogens with one attached hydrogen (secondary N) is 2. The maximum absolute atomic E-state index is 12.6. The molecule has 0 saturated carbocycles. The SMILES string of the molecule is COc1ccc(NC(=O)C(C(=O)NN=Cc2cccc(Br)c2)C(C)C)cc1. The molecule has 2 N–H and O–H groups in total. The molecule has 27 heavy (non-hydrogen) atoms. The monoisotopic (exact) mass is 431 g/mol. The molecule has 0 aliphatic rings. The zero-order valence-electron chi connectivity index (χ0n) is 15.4. The summed E-state index contributed by atoms with van der Waals surface area (Å²) in [6.07, 6.45) is 1.53. The molecule has 0 radical (unpaired) electrons. The van der Waals surface area contributed by atoms with Gasteiger partial charge < -0.3 is 10.1 Å². The van der Waals surface area contributed by atoms with Crippen LogP contribution in [0.4, 0.5) is 5.69 Å². The molecule has 0 spiro atoms. The average Bonchev–Trinajstić information content (AvgIpc) is 2.62. The van der Waals surface area contributed by atoms with Crippen LogP contribution in [0.15, 0.2) is 58.1 Å². The van der Waals surface area contributed by atoms with Crippen LogP contribution in [-0.2, 0) is 9.59 Å². The first-order valence-corrected chi connectivity index (χ1v) is 9.23. The van der Waals surface area contributed by atoms with Crippen molar-refractivity contribution >= 4 is 39.6 Å². The average molecular weight is 432 g/mol. The van der Waals surface area contributed by atoms with Crippen LogP contribution in [0.2, 0.25) is 0 Å². The van der Waals surface area contributed by atoms with Crippen molar-refractivity contribution in [1.29, 1.82) is 0 Å². The van der Waals surface area contributed by atoms with Crippen LogP contribution in [-0.4, -0.2) is 25.1 Å². The summed E-state index contributed by atoms with van der Waals surface area (Å²) >= 11 is 3.38. The third-order valence-electron chi connectivity index (χ3n) is 3.83. The Morgan fingerprint density at radius 1 is 1.11 bits per heavy atom. The lowest BCUT2D eigenvalue weighted by Crippen LogP contribution is -2.39. The van der Waals surface area contributed by atoms with Gasteiger partial charge in [0.05, 0.1) is 13.3 Å². The lowest BCUT2D eigenvalue weighted by atomic mass is 9.94.